The summed E-state index contributed by atoms with van der Waals surface area (Å²) in [6.45, 7) is 2.22. The molecule has 0 saturated heterocycles. The van der Waals surface area contributed by atoms with Crippen LogP contribution in [0.5, 0.6) is 0 Å². The Bertz CT molecular complexity index is 525. The van der Waals surface area contributed by atoms with E-state index in [0.29, 0.717) is 0 Å². The van der Waals surface area contributed by atoms with E-state index in [1.54, 1.807) is 0 Å². The lowest BCUT2D eigenvalue weighted by molar-refractivity contribution is -0.140. The van der Waals surface area contributed by atoms with Gasteiger partial charge in [-0.05, 0) is 18.9 Å². The summed E-state index contributed by atoms with van der Waals surface area (Å²) in [6.07, 6.45) is 0.373. The minimum atomic E-state index is -3.35. The zero-order valence-corrected chi connectivity index (χ0v) is 12.0. The average Bonchev–Trinajstić information content (AvgIpc) is 2.36. The fourth-order valence-corrected chi connectivity index (χ4v) is 2.65. The van der Waals surface area contributed by atoms with Crippen LogP contribution < -0.4 is 4.72 Å². The van der Waals surface area contributed by atoms with Crippen LogP contribution in [0.15, 0.2) is 24.3 Å². The molecule has 6 heteroatoms. The number of rotatable bonds is 7. The van der Waals surface area contributed by atoms with Gasteiger partial charge in [-0.15, -0.1) is 0 Å². The Hall–Kier alpha value is -1.40. The number of benzene rings is 1. The summed E-state index contributed by atoms with van der Waals surface area (Å²) in [5.74, 6) is -0.470. The maximum Gasteiger partial charge on any atom is 0.305 e. The van der Waals surface area contributed by atoms with Gasteiger partial charge in [-0.1, -0.05) is 29.8 Å². The number of hydrogen-bond acceptors (Lipinski definition) is 4. The van der Waals surface area contributed by atoms with Gasteiger partial charge in [0.15, 0.2) is 0 Å². The molecule has 1 aromatic rings. The van der Waals surface area contributed by atoms with E-state index >= 15 is 0 Å². The number of sulfonamides is 1. The zero-order valence-electron chi connectivity index (χ0n) is 11.2. The first-order valence-electron chi connectivity index (χ1n) is 6.02. The molecule has 0 radical (unpaired) electrons. The smallest absolute Gasteiger partial charge is 0.305 e. The van der Waals surface area contributed by atoms with E-state index in [2.05, 4.69) is 9.46 Å². The summed E-state index contributed by atoms with van der Waals surface area (Å²) in [5, 5.41) is 0. The van der Waals surface area contributed by atoms with Crippen molar-refractivity contribution in [2.75, 3.05) is 12.9 Å². The molecule has 0 amide bonds. The fourth-order valence-electron chi connectivity index (χ4n) is 1.60. The van der Waals surface area contributed by atoms with Crippen molar-refractivity contribution in [3.05, 3.63) is 35.4 Å². The molecule has 0 heterocycles. The van der Waals surface area contributed by atoms with Gasteiger partial charge in [0.1, 0.15) is 0 Å². The summed E-state index contributed by atoms with van der Waals surface area (Å²) in [4.78, 5) is 10.9. The first-order chi connectivity index (χ1) is 8.93. The molecule has 1 N–H and O–H groups in total. The molecule has 1 rings (SSSR count). The molecule has 0 aliphatic rings. The Balaban J connectivity index is 2.40. The number of aryl methyl sites for hydroxylation is 1. The molecule has 0 unspecified atom stereocenters. The van der Waals surface area contributed by atoms with E-state index in [1.165, 1.54) is 7.11 Å². The monoisotopic (exact) mass is 285 g/mol. The second-order valence-electron chi connectivity index (χ2n) is 4.31. The van der Waals surface area contributed by atoms with Crippen molar-refractivity contribution in [1.29, 1.82) is 0 Å². The molecule has 0 bridgehead atoms. The van der Waals surface area contributed by atoms with Crippen LogP contribution in [0.1, 0.15) is 24.0 Å². The van der Waals surface area contributed by atoms with Crippen LogP contribution in [0.3, 0.4) is 0 Å². The molecule has 0 aliphatic heterocycles. The second-order valence-corrected chi connectivity index (χ2v) is 6.24. The van der Waals surface area contributed by atoms with Crippen molar-refractivity contribution in [2.24, 2.45) is 0 Å². The standard InChI is InChI=1S/C13H19NO4S/c1-11-5-3-6-12(9-11)10-14-19(16,17)8-4-7-13(15)18-2/h3,5-6,9,14H,4,7-8,10H2,1-2H3. The van der Waals surface area contributed by atoms with Crippen LogP contribution in [0.4, 0.5) is 0 Å². The first kappa shape index (κ1) is 15.7. The quantitative estimate of drug-likeness (QED) is 0.768. The summed E-state index contributed by atoms with van der Waals surface area (Å²) in [6, 6.07) is 7.63. The molecule has 0 saturated carbocycles. The highest BCUT2D eigenvalue weighted by Crippen LogP contribution is 2.04. The highest BCUT2D eigenvalue weighted by Gasteiger charge is 2.11. The number of carbonyl (C=O) groups excluding carboxylic acids is 1. The van der Waals surface area contributed by atoms with Gasteiger partial charge in [-0.3, -0.25) is 4.79 Å². The largest absolute Gasteiger partial charge is 0.469 e. The molecular formula is C13H19NO4S. The molecule has 0 spiro atoms. The van der Waals surface area contributed by atoms with Crippen LogP contribution in [0.25, 0.3) is 0 Å². The number of esters is 1. The van der Waals surface area contributed by atoms with Gasteiger partial charge < -0.3 is 4.74 Å². The SMILES string of the molecule is COC(=O)CCCS(=O)(=O)NCc1cccc(C)c1. The second kappa shape index (κ2) is 7.25. The van der Waals surface area contributed by atoms with E-state index in [-0.39, 0.29) is 25.1 Å². The van der Waals surface area contributed by atoms with Gasteiger partial charge in [-0.25, -0.2) is 13.1 Å². The minimum Gasteiger partial charge on any atom is -0.469 e. The number of hydrogen-bond donors (Lipinski definition) is 1. The lowest BCUT2D eigenvalue weighted by atomic mass is 10.1. The van der Waals surface area contributed by atoms with Crippen LogP contribution >= 0.6 is 0 Å². The minimum absolute atomic E-state index is 0.0755. The number of ether oxygens (including phenoxy) is 1. The van der Waals surface area contributed by atoms with E-state index in [1.807, 2.05) is 31.2 Å². The Labute approximate surface area is 114 Å². The third-order valence-electron chi connectivity index (χ3n) is 2.60. The van der Waals surface area contributed by atoms with E-state index < -0.39 is 16.0 Å². The van der Waals surface area contributed by atoms with Gasteiger partial charge in [0, 0.05) is 13.0 Å². The summed E-state index contributed by atoms with van der Waals surface area (Å²) >= 11 is 0. The average molecular weight is 285 g/mol. The fraction of sp³-hybridized carbons (Fsp3) is 0.462. The van der Waals surface area contributed by atoms with Gasteiger partial charge in [0.2, 0.25) is 10.0 Å². The zero-order chi connectivity index (χ0) is 14.3. The maximum absolute atomic E-state index is 11.7. The molecule has 0 aliphatic carbocycles. The van der Waals surface area contributed by atoms with Crippen molar-refractivity contribution >= 4 is 16.0 Å². The van der Waals surface area contributed by atoms with Crippen molar-refractivity contribution in [2.45, 2.75) is 26.3 Å². The molecule has 19 heavy (non-hydrogen) atoms. The Morgan fingerprint density at radius 2 is 2.11 bits per heavy atom. The third-order valence-corrected chi connectivity index (χ3v) is 4.01. The van der Waals surface area contributed by atoms with Gasteiger partial charge in [0.25, 0.3) is 0 Å². The Kier molecular flexibility index (Phi) is 5.98. The molecule has 106 valence electrons. The first-order valence-corrected chi connectivity index (χ1v) is 7.68. The Morgan fingerprint density at radius 3 is 2.74 bits per heavy atom. The molecule has 5 nitrogen and oxygen atoms in total. The van der Waals surface area contributed by atoms with Crippen LogP contribution in [-0.2, 0) is 26.1 Å². The number of carbonyl (C=O) groups is 1. The van der Waals surface area contributed by atoms with Crippen molar-refractivity contribution in [3.63, 3.8) is 0 Å². The molecule has 0 aromatic heterocycles. The third kappa shape index (κ3) is 6.35. The molecule has 0 atom stereocenters. The van der Waals surface area contributed by atoms with E-state index in [4.69, 9.17) is 0 Å². The molecule has 0 fully saturated rings. The topological polar surface area (TPSA) is 72.5 Å². The molecule has 1 aromatic carbocycles. The normalized spacial score (nSPS) is 11.3. The van der Waals surface area contributed by atoms with Gasteiger partial charge in [-0.2, -0.15) is 0 Å². The van der Waals surface area contributed by atoms with Gasteiger partial charge in [0.05, 0.1) is 12.9 Å². The Morgan fingerprint density at radius 1 is 1.37 bits per heavy atom. The molecular weight excluding hydrogens is 266 g/mol. The van der Waals surface area contributed by atoms with Crippen LogP contribution in [0.2, 0.25) is 0 Å². The number of nitrogens with one attached hydrogen (secondary N) is 1. The summed E-state index contributed by atoms with van der Waals surface area (Å²) in [5.41, 5.74) is 2.00. The van der Waals surface area contributed by atoms with Crippen LogP contribution in [0, 0.1) is 6.92 Å². The highest BCUT2D eigenvalue weighted by atomic mass is 32.2. The van der Waals surface area contributed by atoms with Gasteiger partial charge >= 0.3 is 5.97 Å². The van der Waals surface area contributed by atoms with Crippen molar-refractivity contribution in [3.8, 4) is 0 Å². The summed E-state index contributed by atoms with van der Waals surface area (Å²) < 4.78 is 30.4. The number of methoxy groups -OCH3 is 1. The lowest BCUT2D eigenvalue weighted by Gasteiger charge is -2.07. The van der Waals surface area contributed by atoms with E-state index in [0.717, 1.165) is 11.1 Å². The van der Waals surface area contributed by atoms with E-state index in [9.17, 15) is 13.2 Å². The summed E-state index contributed by atoms with van der Waals surface area (Å²) in [7, 11) is -2.07. The maximum atomic E-state index is 11.7. The lowest BCUT2D eigenvalue weighted by Crippen LogP contribution is -2.26. The van der Waals surface area contributed by atoms with Crippen molar-refractivity contribution < 1.29 is 17.9 Å². The predicted octanol–water partition coefficient (Wildman–Crippen LogP) is 1.37. The predicted molar refractivity (Wildman–Crippen MR) is 73.1 cm³/mol. The van der Waals surface area contributed by atoms with Crippen LogP contribution in [-0.4, -0.2) is 27.2 Å². The van der Waals surface area contributed by atoms with Crippen molar-refractivity contribution in [1.82, 2.24) is 4.72 Å². The highest BCUT2D eigenvalue weighted by molar-refractivity contribution is 7.89.